The molecule has 0 aliphatic rings. The molecule has 0 aliphatic carbocycles. The molecule has 0 spiro atoms. The van der Waals surface area contributed by atoms with Crippen LogP contribution in [0.3, 0.4) is 0 Å². The molecule has 0 bridgehead atoms. The maximum absolute atomic E-state index is 3.28. The Hall–Kier alpha value is -0.860. The molecule has 0 heterocycles. The van der Waals surface area contributed by atoms with Gasteiger partial charge in [-0.3, -0.25) is 0 Å². The summed E-state index contributed by atoms with van der Waals surface area (Å²) in [6.07, 6.45) is 0. The van der Waals surface area contributed by atoms with E-state index in [4.69, 9.17) is 0 Å². The fourth-order valence-electron chi connectivity index (χ4n) is 1.13. The minimum absolute atomic E-state index is 0.855. The van der Waals surface area contributed by atoms with Gasteiger partial charge in [0.05, 0.1) is 0 Å². The highest BCUT2D eigenvalue weighted by molar-refractivity contribution is 5.25. The highest BCUT2D eigenvalue weighted by atomic mass is 15.0. The maximum atomic E-state index is 3.28. The Morgan fingerprint density at radius 3 is 2.67 bits per heavy atom. The first-order valence-corrected chi connectivity index (χ1v) is 4.24. The van der Waals surface area contributed by atoms with Crippen LogP contribution in [-0.2, 0) is 6.54 Å². The molecule has 2 N–H and O–H groups in total. The lowest BCUT2D eigenvalue weighted by Gasteiger charge is -2.06. The Kier molecular flexibility index (Phi) is 3.77. The van der Waals surface area contributed by atoms with Crippen molar-refractivity contribution < 1.29 is 0 Å². The van der Waals surface area contributed by atoms with E-state index in [0.29, 0.717) is 0 Å². The van der Waals surface area contributed by atoms with E-state index in [2.05, 4.69) is 41.8 Å². The first kappa shape index (κ1) is 9.23. The van der Waals surface area contributed by atoms with Crippen molar-refractivity contribution in [2.75, 3.05) is 13.7 Å². The van der Waals surface area contributed by atoms with Crippen LogP contribution < -0.4 is 10.6 Å². The number of hydrogen-bond donors (Lipinski definition) is 2. The molecule has 0 radical (unpaired) electrons. The van der Waals surface area contributed by atoms with E-state index in [1.54, 1.807) is 0 Å². The van der Waals surface area contributed by atoms with Crippen LogP contribution in [0.2, 0.25) is 0 Å². The molecule has 0 saturated carbocycles. The molecule has 0 saturated heterocycles. The van der Waals surface area contributed by atoms with Gasteiger partial charge >= 0.3 is 0 Å². The number of rotatable bonds is 4. The zero-order valence-electron chi connectivity index (χ0n) is 7.72. The topological polar surface area (TPSA) is 24.1 Å². The van der Waals surface area contributed by atoms with Crippen molar-refractivity contribution in [2.45, 2.75) is 13.5 Å². The lowest BCUT2D eigenvalue weighted by molar-refractivity contribution is 0.630. The van der Waals surface area contributed by atoms with Crippen molar-refractivity contribution in [2.24, 2.45) is 0 Å². The molecule has 0 amide bonds. The number of aryl methyl sites for hydroxylation is 1. The Morgan fingerprint density at radius 2 is 2.00 bits per heavy atom. The predicted molar refractivity (Wildman–Crippen MR) is 51.9 cm³/mol. The second-order valence-corrected chi connectivity index (χ2v) is 2.88. The molecule has 66 valence electrons. The minimum Gasteiger partial charge on any atom is -0.308 e. The van der Waals surface area contributed by atoms with Gasteiger partial charge in [-0.25, -0.2) is 0 Å². The number of benzene rings is 1. The van der Waals surface area contributed by atoms with Crippen molar-refractivity contribution in [3.63, 3.8) is 0 Å². The second-order valence-electron chi connectivity index (χ2n) is 2.88. The molecule has 0 aliphatic heterocycles. The molecule has 12 heavy (non-hydrogen) atoms. The van der Waals surface area contributed by atoms with Crippen LogP contribution in [0.4, 0.5) is 0 Å². The standard InChI is InChI=1S/C10H16N2/c1-9-5-3-4-6-10(9)7-12-8-11-2/h3-6,11-12H,7-8H2,1-2H3. The summed E-state index contributed by atoms with van der Waals surface area (Å²) in [6.45, 7) is 3.93. The largest absolute Gasteiger partial charge is 0.308 e. The molecule has 1 aromatic rings. The van der Waals surface area contributed by atoms with Gasteiger partial charge in [-0.15, -0.1) is 0 Å². The van der Waals surface area contributed by atoms with Crippen molar-refractivity contribution in [1.29, 1.82) is 0 Å². The van der Waals surface area contributed by atoms with Gasteiger partial charge in [-0.05, 0) is 25.1 Å². The van der Waals surface area contributed by atoms with Gasteiger partial charge in [0.1, 0.15) is 0 Å². The smallest absolute Gasteiger partial charge is 0.0454 e. The fraction of sp³-hybridized carbons (Fsp3) is 0.400. The summed E-state index contributed by atoms with van der Waals surface area (Å²) in [7, 11) is 1.94. The van der Waals surface area contributed by atoms with Gasteiger partial charge in [-0.2, -0.15) is 0 Å². The van der Waals surface area contributed by atoms with E-state index < -0.39 is 0 Å². The van der Waals surface area contributed by atoms with Crippen LogP contribution >= 0.6 is 0 Å². The molecule has 0 atom stereocenters. The zero-order chi connectivity index (χ0) is 8.81. The Balaban J connectivity index is 2.46. The molecule has 2 heteroatoms. The average Bonchev–Trinajstić information content (AvgIpc) is 2.09. The van der Waals surface area contributed by atoms with E-state index in [1.807, 2.05) is 7.05 Å². The molecule has 0 aromatic heterocycles. The second kappa shape index (κ2) is 4.91. The lowest BCUT2D eigenvalue weighted by atomic mass is 10.1. The summed E-state index contributed by atoms with van der Waals surface area (Å²) in [5.74, 6) is 0. The summed E-state index contributed by atoms with van der Waals surface area (Å²) in [6, 6.07) is 8.43. The Morgan fingerprint density at radius 1 is 1.25 bits per heavy atom. The SMILES string of the molecule is CNCNCc1ccccc1C. The molecular formula is C10H16N2. The third-order valence-electron chi connectivity index (χ3n) is 1.88. The summed E-state index contributed by atoms with van der Waals surface area (Å²) in [5, 5.41) is 6.33. The Labute approximate surface area is 74.0 Å². The van der Waals surface area contributed by atoms with E-state index in [1.165, 1.54) is 11.1 Å². The quantitative estimate of drug-likeness (QED) is 0.517. The van der Waals surface area contributed by atoms with Crippen LogP contribution in [0.5, 0.6) is 0 Å². The van der Waals surface area contributed by atoms with Gasteiger partial charge in [0, 0.05) is 13.2 Å². The monoisotopic (exact) mass is 164 g/mol. The zero-order valence-corrected chi connectivity index (χ0v) is 7.72. The number of hydrogen-bond acceptors (Lipinski definition) is 2. The van der Waals surface area contributed by atoms with Crippen molar-refractivity contribution in [3.8, 4) is 0 Å². The minimum atomic E-state index is 0.855. The molecular weight excluding hydrogens is 148 g/mol. The van der Waals surface area contributed by atoms with Crippen molar-refractivity contribution in [1.82, 2.24) is 10.6 Å². The third-order valence-corrected chi connectivity index (χ3v) is 1.88. The van der Waals surface area contributed by atoms with Gasteiger partial charge < -0.3 is 10.6 Å². The highest BCUT2D eigenvalue weighted by Gasteiger charge is 1.93. The maximum Gasteiger partial charge on any atom is 0.0454 e. The van der Waals surface area contributed by atoms with E-state index in [-0.39, 0.29) is 0 Å². The van der Waals surface area contributed by atoms with Crippen molar-refractivity contribution >= 4 is 0 Å². The normalized spacial score (nSPS) is 10.2. The first-order chi connectivity index (χ1) is 5.84. The fourth-order valence-corrected chi connectivity index (χ4v) is 1.13. The first-order valence-electron chi connectivity index (χ1n) is 4.24. The summed E-state index contributed by atoms with van der Waals surface area (Å²) in [4.78, 5) is 0. The van der Waals surface area contributed by atoms with Gasteiger partial charge in [0.15, 0.2) is 0 Å². The van der Waals surface area contributed by atoms with E-state index in [9.17, 15) is 0 Å². The van der Waals surface area contributed by atoms with Crippen LogP contribution in [-0.4, -0.2) is 13.7 Å². The molecule has 1 rings (SSSR count). The van der Waals surface area contributed by atoms with Gasteiger partial charge in [0.25, 0.3) is 0 Å². The van der Waals surface area contributed by atoms with Crippen LogP contribution in [0.25, 0.3) is 0 Å². The van der Waals surface area contributed by atoms with E-state index >= 15 is 0 Å². The predicted octanol–water partition coefficient (Wildman–Crippen LogP) is 1.26. The number of nitrogens with one attached hydrogen (secondary N) is 2. The molecule has 1 aromatic carbocycles. The molecule has 0 unspecified atom stereocenters. The summed E-state index contributed by atoms with van der Waals surface area (Å²) >= 11 is 0. The van der Waals surface area contributed by atoms with Gasteiger partial charge in [0.2, 0.25) is 0 Å². The lowest BCUT2D eigenvalue weighted by Crippen LogP contribution is -2.25. The third kappa shape index (κ3) is 2.64. The van der Waals surface area contributed by atoms with Crippen LogP contribution in [0, 0.1) is 6.92 Å². The average molecular weight is 164 g/mol. The molecule has 2 nitrogen and oxygen atoms in total. The van der Waals surface area contributed by atoms with Crippen LogP contribution in [0.1, 0.15) is 11.1 Å². The summed E-state index contributed by atoms with van der Waals surface area (Å²) < 4.78 is 0. The van der Waals surface area contributed by atoms with E-state index in [0.717, 1.165) is 13.2 Å². The molecule has 0 fully saturated rings. The highest BCUT2D eigenvalue weighted by Crippen LogP contribution is 2.05. The Bertz CT molecular complexity index is 233. The van der Waals surface area contributed by atoms with Gasteiger partial charge in [-0.1, -0.05) is 24.3 Å². The summed E-state index contributed by atoms with van der Waals surface area (Å²) in [5.41, 5.74) is 2.72. The van der Waals surface area contributed by atoms with Crippen LogP contribution in [0.15, 0.2) is 24.3 Å². The van der Waals surface area contributed by atoms with Crippen molar-refractivity contribution in [3.05, 3.63) is 35.4 Å².